The van der Waals surface area contributed by atoms with Crippen molar-refractivity contribution >= 4 is 0 Å². The summed E-state index contributed by atoms with van der Waals surface area (Å²) in [4.78, 5) is 0. The van der Waals surface area contributed by atoms with Crippen LogP contribution in [0.5, 0.6) is 5.75 Å². The Morgan fingerprint density at radius 2 is 2.06 bits per heavy atom. The first-order valence-electron chi connectivity index (χ1n) is 5.27. The van der Waals surface area contributed by atoms with Gasteiger partial charge in [-0.2, -0.15) is 0 Å². The van der Waals surface area contributed by atoms with Crippen LogP contribution in [0.3, 0.4) is 0 Å². The van der Waals surface area contributed by atoms with Gasteiger partial charge >= 0.3 is 0 Å². The van der Waals surface area contributed by atoms with Crippen molar-refractivity contribution in [2.45, 2.75) is 19.1 Å². The summed E-state index contributed by atoms with van der Waals surface area (Å²) in [5.74, 6) is 0.839. The second-order valence-corrected chi connectivity index (χ2v) is 3.49. The fourth-order valence-corrected chi connectivity index (χ4v) is 1.23. The van der Waals surface area contributed by atoms with Gasteiger partial charge in [-0.3, -0.25) is 0 Å². The zero-order chi connectivity index (χ0) is 11.8. The number of methoxy groups -OCH3 is 1. The number of benzene rings is 1. The fourth-order valence-electron chi connectivity index (χ4n) is 1.23. The number of ether oxygens (including phenoxy) is 2. The molecule has 0 aliphatic heterocycles. The van der Waals surface area contributed by atoms with Gasteiger partial charge in [0.05, 0.1) is 19.8 Å². The lowest BCUT2D eigenvalue weighted by atomic mass is 10.2. The van der Waals surface area contributed by atoms with Crippen LogP contribution in [0.2, 0.25) is 0 Å². The molecular weight excluding hydrogens is 204 g/mol. The summed E-state index contributed by atoms with van der Waals surface area (Å²) >= 11 is 0. The zero-order valence-electron chi connectivity index (χ0n) is 9.56. The third kappa shape index (κ3) is 4.47. The highest BCUT2D eigenvalue weighted by molar-refractivity contribution is 5.26. The molecule has 16 heavy (non-hydrogen) atoms. The molecule has 1 N–H and O–H groups in total. The number of aliphatic hydroxyl groups excluding tert-OH is 1. The van der Waals surface area contributed by atoms with Crippen molar-refractivity contribution in [3.05, 3.63) is 42.5 Å². The number of rotatable bonds is 7. The molecule has 0 aliphatic rings. The maximum absolute atomic E-state index is 9.21. The Kier molecular flexibility index (Phi) is 5.61. The summed E-state index contributed by atoms with van der Waals surface area (Å²) in [7, 11) is 1.64. The molecule has 0 saturated carbocycles. The van der Waals surface area contributed by atoms with Crippen molar-refractivity contribution < 1.29 is 14.6 Å². The topological polar surface area (TPSA) is 38.7 Å². The van der Waals surface area contributed by atoms with Crippen molar-refractivity contribution in [2.75, 3.05) is 13.7 Å². The van der Waals surface area contributed by atoms with Crippen LogP contribution < -0.4 is 4.74 Å². The summed E-state index contributed by atoms with van der Waals surface area (Å²) in [6.45, 7) is 4.57. The van der Waals surface area contributed by atoms with E-state index >= 15 is 0 Å². The van der Waals surface area contributed by atoms with Crippen LogP contribution in [-0.2, 0) is 11.3 Å². The van der Waals surface area contributed by atoms with Gasteiger partial charge in [-0.1, -0.05) is 18.2 Å². The first-order chi connectivity index (χ1) is 7.76. The van der Waals surface area contributed by atoms with Gasteiger partial charge < -0.3 is 14.6 Å². The van der Waals surface area contributed by atoms with Crippen molar-refractivity contribution in [3.8, 4) is 5.75 Å². The molecule has 0 unspecified atom stereocenters. The predicted molar refractivity (Wildman–Crippen MR) is 63.5 cm³/mol. The predicted octanol–water partition coefficient (Wildman–Crippen LogP) is 2.15. The van der Waals surface area contributed by atoms with E-state index in [9.17, 15) is 5.11 Å². The first-order valence-corrected chi connectivity index (χ1v) is 5.27. The smallest absolute Gasteiger partial charge is 0.118 e. The third-order valence-electron chi connectivity index (χ3n) is 2.26. The molecule has 88 valence electrons. The van der Waals surface area contributed by atoms with Crippen LogP contribution in [0, 0.1) is 0 Å². The maximum atomic E-state index is 9.21. The molecule has 1 aromatic rings. The van der Waals surface area contributed by atoms with Gasteiger partial charge in [0, 0.05) is 13.0 Å². The maximum Gasteiger partial charge on any atom is 0.118 e. The van der Waals surface area contributed by atoms with Crippen LogP contribution >= 0.6 is 0 Å². The Morgan fingerprint density at radius 3 is 2.62 bits per heavy atom. The highest BCUT2D eigenvalue weighted by Gasteiger charge is 1.98. The van der Waals surface area contributed by atoms with E-state index in [2.05, 4.69) is 6.58 Å². The molecule has 1 rings (SSSR count). The highest BCUT2D eigenvalue weighted by atomic mass is 16.5. The van der Waals surface area contributed by atoms with Crippen LogP contribution in [0.4, 0.5) is 0 Å². The van der Waals surface area contributed by atoms with E-state index in [1.807, 2.05) is 24.3 Å². The van der Waals surface area contributed by atoms with Crippen molar-refractivity contribution in [2.24, 2.45) is 0 Å². The Bertz CT molecular complexity index is 305. The van der Waals surface area contributed by atoms with E-state index in [1.165, 1.54) is 6.08 Å². The summed E-state index contributed by atoms with van der Waals surface area (Å²) in [6.07, 6.45) is 1.62. The Hall–Kier alpha value is -1.32. The summed E-state index contributed by atoms with van der Waals surface area (Å²) in [6, 6.07) is 7.72. The number of hydrogen-bond acceptors (Lipinski definition) is 3. The normalized spacial score (nSPS) is 12.1. The van der Waals surface area contributed by atoms with E-state index in [0.29, 0.717) is 19.6 Å². The molecule has 0 aromatic heterocycles. The van der Waals surface area contributed by atoms with Crippen molar-refractivity contribution in [3.63, 3.8) is 0 Å². The van der Waals surface area contributed by atoms with E-state index in [1.54, 1.807) is 7.11 Å². The molecule has 0 spiro atoms. The van der Waals surface area contributed by atoms with Crippen molar-refractivity contribution in [1.29, 1.82) is 0 Å². The van der Waals surface area contributed by atoms with Gasteiger partial charge in [0.15, 0.2) is 0 Å². The first kappa shape index (κ1) is 12.7. The molecule has 0 radical (unpaired) electrons. The van der Waals surface area contributed by atoms with Gasteiger partial charge in [0.1, 0.15) is 5.75 Å². The second kappa shape index (κ2) is 7.04. The zero-order valence-corrected chi connectivity index (χ0v) is 9.56. The SMILES string of the molecule is C=C[C@H](O)CCOCc1ccc(OC)cc1. The quantitative estimate of drug-likeness (QED) is 0.567. The molecule has 0 amide bonds. The fraction of sp³-hybridized carbons (Fsp3) is 0.385. The molecule has 0 fully saturated rings. The van der Waals surface area contributed by atoms with E-state index in [4.69, 9.17) is 9.47 Å². The second-order valence-electron chi connectivity index (χ2n) is 3.49. The minimum Gasteiger partial charge on any atom is -0.497 e. The molecule has 1 aromatic carbocycles. The Morgan fingerprint density at radius 1 is 1.38 bits per heavy atom. The number of aliphatic hydroxyl groups is 1. The van der Waals surface area contributed by atoms with Gasteiger partial charge in [-0.15, -0.1) is 6.58 Å². The largest absolute Gasteiger partial charge is 0.497 e. The molecule has 1 atom stereocenters. The lowest BCUT2D eigenvalue weighted by Gasteiger charge is -2.07. The van der Waals surface area contributed by atoms with Crippen LogP contribution in [-0.4, -0.2) is 24.9 Å². The van der Waals surface area contributed by atoms with E-state index in [0.717, 1.165) is 11.3 Å². The van der Waals surface area contributed by atoms with Crippen LogP contribution in [0.15, 0.2) is 36.9 Å². The van der Waals surface area contributed by atoms with Gasteiger partial charge in [-0.05, 0) is 17.7 Å². The highest BCUT2D eigenvalue weighted by Crippen LogP contribution is 2.12. The van der Waals surface area contributed by atoms with Crippen LogP contribution in [0.1, 0.15) is 12.0 Å². The Balaban J connectivity index is 2.24. The lowest BCUT2D eigenvalue weighted by molar-refractivity contribution is 0.0884. The molecule has 3 heteroatoms. The number of hydrogen-bond donors (Lipinski definition) is 1. The average molecular weight is 222 g/mol. The minimum absolute atomic E-state index is 0.476. The standard InChI is InChI=1S/C13H18O3/c1-3-12(14)8-9-16-10-11-4-6-13(15-2)7-5-11/h3-7,12,14H,1,8-10H2,2H3/t12-/m0/s1. The molecule has 0 aliphatic carbocycles. The third-order valence-corrected chi connectivity index (χ3v) is 2.26. The Labute approximate surface area is 96.3 Å². The summed E-state index contributed by atoms with van der Waals surface area (Å²) in [5, 5.41) is 9.21. The molecular formula is C13H18O3. The van der Waals surface area contributed by atoms with Crippen molar-refractivity contribution in [1.82, 2.24) is 0 Å². The van der Waals surface area contributed by atoms with E-state index in [-0.39, 0.29) is 0 Å². The van der Waals surface area contributed by atoms with Gasteiger partial charge in [0.2, 0.25) is 0 Å². The minimum atomic E-state index is -0.476. The van der Waals surface area contributed by atoms with Gasteiger partial charge in [-0.25, -0.2) is 0 Å². The average Bonchev–Trinajstić information content (AvgIpc) is 2.35. The van der Waals surface area contributed by atoms with Gasteiger partial charge in [0.25, 0.3) is 0 Å². The molecule has 3 nitrogen and oxygen atoms in total. The summed E-state index contributed by atoms with van der Waals surface area (Å²) in [5.41, 5.74) is 1.09. The molecule has 0 bridgehead atoms. The lowest BCUT2D eigenvalue weighted by Crippen LogP contribution is -2.06. The molecule has 0 saturated heterocycles. The van der Waals surface area contributed by atoms with E-state index < -0.39 is 6.10 Å². The molecule has 0 heterocycles. The monoisotopic (exact) mass is 222 g/mol. The van der Waals surface area contributed by atoms with Crippen LogP contribution in [0.25, 0.3) is 0 Å². The summed E-state index contributed by atoms with van der Waals surface area (Å²) < 4.78 is 10.5.